The summed E-state index contributed by atoms with van der Waals surface area (Å²) in [7, 11) is 0. The second-order valence-corrected chi connectivity index (χ2v) is 9.65. The molecule has 0 spiro atoms. The van der Waals surface area contributed by atoms with E-state index < -0.39 is 35.1 Å². The molecule has 0 saturated heterocycles. The van der Waals surface area contributed by atoms with Crippen LogP contribution in [-0.2, 0) is 19.2 Å². The van der Waals surface area contributed by atoms with E-state index in [1.165, 1.54) is 0 Å². The van der Waals surface area contributed by atoms with E-state index in [1.807, 2.05) is 0 Å². The van der Waals surface area contributed by atoms with Crippen LogP contribution in [0.25, 0.3) is 0 Å². The van der Waals surface area contributed by atoms with Gasteiger partial charge in [-0.1, -0.05) is 87.0 Å². The number of rotatable bonds is 16. The summed E-state index contributed by atoms with van der Waals surface area (Å²) in [5.74, 6) is -2.03. The molecule has 0 aliphatic rings. The number of Topliss-reactive ketones (excluding diaryl/α,β-unsaturated/α-hetero) is 3. The van der Waals surface area contributed by atoms with Crippen LogP contribution < -0.4 is 0 Å². The molecule has 5 nitrogen and oxygen atoms in total. The minimum Gasteiger partial charge on any atom is -0.336 e. The number of carbonyl (C=O) groups is 4. The van der Waals surface area contributed by atoms with E-state index in [-0.39, 0.29) is 0 Å². The van der Waals surface area contributed by atoms with Gasteiger partial charge in [-0.05, 0) is 24.7 Å². The van der Waals surface area contributed by atoms with Crippen LogP contribution in [0.1, 0.15) is 106 Å². The maximum atomic E-state index is 13.0. The zero-order valence-electron chi connectivity index (χ0n) is 20.5. The predicted molar refractivity (Wildman–Crippen MR) is 122 cm³/mol. The summed E-state index contributed by atoms with van der Waals surface area (Å²) in [6, 6.07) is 0. The molecule has 174 valence electrons. The Morgan fingerprint density at radius 2 is 1.17 bits per heavy atom. The van der Waals surface area contributed by atoms with Crippen molar-refractivity contribution in [2.45, 2.75) is 106 Å². The summed E-state index contributed by atoms with van der Waals surface area (Å²) in [5.41, 5.74) is -0.846. The van der Waals surface area contributed by atoms with E-state index in [2.05, 4.69) is 27.7 Å². The molecule has 0 aliphatic carbocycles. The first-order valence-electron chi connectivity index (χ1n) is 11.9. The second kappa shape index (κ2) is 14.5. The van der Waals surface area contributed by atoms with Crippen molar-refractivity contribution in [1.29, 1.82) is 0 Å². The van der Waals surface area contributed by atoms with Crippen LogP contribution in [0.3, 0.4) is 0 Å². The van der Waals surface area contributed by atoms with Gasteiger partial charge in [0.2, 0.25) is 17.3 Å². The Balaban J connectivity index is 5.38. The standard InChI is InChI=1S/C25H45NO4/c1-8-12-14-19(10-3)17-26(18-20(11-4)15-13-9-2)24(30)22(28)16-21(27)23(29)25(5,6)7/h19-20H,8-18H2,1-7H3. The van der Waals surface area contributed by atoms with E-state index in [0.717, 1.165) is 51.4 Å². The average Bonchev–Trinajstić information content (AvgIpc) is 2.70. The molecule has 0 aromatic carbocycles. The molecule has 0 fully saturated rings. The van der Waals surface area contributed by atoms with Crippen molar-refractivity contribution in [2.75, 3.05) is 13.1 Å². The Hall–Kier alpha value is -1.52. The molecule has 0 aliphatic heterocycles. The lowest BCUT2D eigenvalue weighted by atomic mass is 9.87. The fourth-order valence-electron chi connectivity index (χ4n) is 3.59. The highest BCUT2D eigenvalue weighted by Gasteiger charge is 2.33. The molecule has 0 heterocycles. The van der Waals surface area contributed by atoms with Crippen molar-refractivity contribution in [2.24, 2.45) is 17.3 Å². The van der Waals surface area contributed by atoms with Gasteiger partial charge in [-0.15, -0.1) is 0 Å². The summed E-state index contributed by atoms with van der Waals surface area (Å²) >= 11 is 0. The Kier molecular flexibility index (Phi) is 13.7. The van der Waals surface area contributed by atoms with Gasteiger partial charge in [-0.3, -0.25) is 19.2 Å². The maximum absolute atomic E-state index is 13.0. The Labute approximate surface area is 184 Å². The monoisotopic (exact) mass is 423 g/mol. The quantitative estimate of drug-likeness (QED) is 0.246. The molecular formula is C25H45NO4. The maximum Gasteiger partial charge on any atom is 0.290 e. The van der Waals surface area contributed by atoms with Gasteiger partial charge in [0.15, 0.2) is 0 Å². The number of hydrogen-bond donors (Lipinski definition) is 0. The molecule has 1 amide bonds. The largest absolute Gasteiger partial charge is 0.336 e. The highest BCUT2D eigenvalue weighted by molar-refractivity contribution is 6.49. The Morgan fingerprint density at radius 3 is 1.50 bits per heavy atom. The van der Waals surface area contributed by atoms with Gasteiger partial charge >= 0.3 is 0 Å². The van der Waals surface area contributed by atoms with E-state index in [9.17, 15) is 19.2 Å². The van der Waals surface area contributed by atoms with Gasteiger partial charge in [0.25, 0.3) is 5.91 Å². The SMILES string of the molecule is CCCCC(CC)CN(CC(CC)CCCC)C(=O)C(=O)CC(=O)C(=O)C(C)(C)C. The average molecular weight is 424 g/mol. The van der Waals surface area contributed by atoms with Crippen molar-refractivity contribution in [3.63, 3.8) is 0 Å². The molecule has 2 atom stereocenters. The lowest BCUT2D eigenvalue weighted by Gasteiger charge is -2.30. The van der Waals surface area contributed by atoms with Crippen LogP contribution in [0.5, 0.6) is 0 Å². The number of amides is 1. The van der Waals surface area contributed by atoms with Crippen molar-refractivity contribution in [1.82, 2.24) is 4.90 Å². The van der Waals surface area contributed by atoms with E-state index in [0.29, 0.717) is 24.9 Å². The fourth-order valence-corrected chi connectivity index (χ4v) is 3.59. The highest BCUT2D eigenvalue weighted by Crippen LogP contribution is 2.20. The molecule has 2 unspecified atom stereocenters. The summed E-state index contributed by atoms with van der Waals surface area (Å²) in [5, 5.41) is 0. The smallest absolute Gasteiger partial charge is 0.290 e. The normalized spacial score (nSPS) is 13.6. The summed E-state index contributed by atoms with van der Waals surface area (Å²) in [6.07, 6.45) is 7.72. The van der Waals surface area contributed by atoms with E-state index >= 15 is 0 Å². The lowest BCUT2D eigenvalue weighted by Crippen LogP contribution is -2.43. The predicted octanol–water partition coefficient (Wildman–Crippen LogP) is 5.39. The zero-order chi connectivity index (χ0) is 23.3. The minimum atomic E-state index is -0.846. The molecule has 0 aromatic heterocycles. The summed E-state index contributed by atoms with van der Waals surface area (Å²) in [6.45, 7) is 14.6. The van der Waals surface area contributed by atoms with Crippen LogP contribution in [0, 0.1) is 17.3 Å². The van der Waals surface area contributed by atoms with Gasteiger partial charge in [0.1, 0.15) is 0 Å². The fraction of sp³-hybridized carbons (Fsp3) is 0.840. The van der Waals surface area contributed by atoms with Crippen molar-refractivity contribution >= 4 is 23.3 Å². The van der Waals surface area contributed by atoms with Crippen LogP contribution in [0.4, 0.5) is 0 Å². The van der Waals surface area contributed by atoms with Gasteiger partial charge in [0.05, 0.1) is 6.42 Å². The molecule has 0 aromatic rings. The molecule has 30 heavy (non-hydrogen) atoms. The number of nitrogens with zero attached hydrogens (tertiary/aromatic N) is 1. The number of ketones is 3. The Bertz CT molecular complexity index is 544. The summed E-state index contributed by atoms with van der Waals surface area (Å²) < 4.78 is 0. The topological polar surface area (TPSA) is 71.5 Å². The second-order valence-electron chi connectivity index (χ2n) is 9.65. The first-order chi connectivity index (χ1) is 14.0. The van der Waals surface area contributed by atoms with Gasteiger partial charge < -0.3 is 4.90 Å². The molecule has 0 radical (unpaired) electrons. The van der Waals surface area contributed by atoms with Gasteiger partial charge in [-0.25, -0.2) is 0 Å². The molecule has 0 N–H and O–H groups in total. The Morgan fingerprint density at radius 1 is 0.733 bits per heavy atom. The third-order valence-electron chi connectivity index (χ3n) is 5.83. The molecule has 0 rings (SSSR count). The van der Waals surface area contributed by atoms with E-state index in [1.54, 1.807) is 25.7 Å². The van der Waals surface area contributed by atoms with Crippen molar-refractivity contribution < 1.29 is 19.2 Å². The van der Waals surface area contributed by atoms with Crippen LogP contribution in [0.2, 0.25) is 0 Å². The zero-order valence-corrected chi connectivity index (χ0v) is 20.5. The first kappa shape index (κ1) is 28.5. The minimum absolute atomic E-state index is 0.345. The van der Waals surface area contributed by atoms with Gasteiger partial charge in [0, 0.05) is 18.5 Å². The summed E-state index contributed by atoms with van der Waals surface area (Å²) in [4.78, 5) is 51.7. The lowest BCUT2D eigenvalue weighted by molar-refractivity contribution is -0.149. The van der Waals surface area contributed by atoms with E-state index in [4.69, 9.17) is 0 Å². The highest BCUT2D eigenvalue weighted by atomic mass is 16.2. The molecule has 0 bridgehead atoms. The molecule has 5 heteroatoms. The number of unbranched alkanes of at least 4 members (excludes halogenated alkanes) is 2. The number of carbonyl (C=O) groups excluding carboxylic acids is 4. The van der Waals surface area contributed by atoms with Crippen LogP contribution >= 0.6 is 0 Å². The van der Waals surface area contributed by atoms with Crippen molar-refractivity contribution in [3.8, 4) is 0 Å². The van der Waals surface area contributed by atoms with Crippen molar-refractivity contribution in [3.05, 3.63) is 0 Å². The molecule has 0 saturated carbocycles. The van der Waals surface area contributed by atoms with Gasteiger partial charge in [-0.2, -0.15) is 0 Å². The number of hydrogen-bond acceptors (Lipinski definition) is 4. The van der Waals surface area contributed by atoms with Crippen LogP contribution in [0.15, 0.2) is 0 Å². The third kappa shape index (κ3) is 10.5. The first-order valence-corrected chi connectivity index (χ1v) is 11.9. The molecular weight excluding hydrogens is 378 g/mol. The third-order valence-corrected chi connectivity index (χ3v) is 5.83. The van der Waals surface area contributed by atoms with Crippen LogP contribution in [-0.4, -0.2) is 41.2 Å².